The fraction of sp³-hybridized carbons (Fsp3) is 0.500. The quantitative estimate of drug-likeness (QED) is 0.839. The molecule has 0 spiro atoms. The molecule has 0 unspecified atom stereocenters. The highest BCUT2D eigenvalue weighted by Gasteiger charge is 2.20. The van der Waals surface area contributed by atoms with Crippen molar-refractivity contribution in [3.63, 3.8) is 0 Å². The largest absolute Gasteiger partial charge is 0.310 e. The Kier molecular flexibility index (Phi) is 4.97. The summed E-state index contributed by atoms with van der Waals surface area (Å²) in [6, 6.07) is 2.05. The lowest BCUT2D eigenvalue weighted by atomic mass is 10.3. The monoisotopic (exact) mass is 346 g/mol. The molecule has 2 rings (SSSR count). The second kappa shape index (κ2) is 6.39. The number of aromatic nitrogens is 2. The summed E-state index contributed by atoms with van der Waals surface area (Å²) < 4.78 is 27.4. The van der Waals surface area contributed by atoms with E-state index in [0.717, 1.165) is 15.4 Å². The second-order valence-electron chi connectivity index (χ2n) is 4.94. The number of thiophene rings is 1. The van der Waals surface area contributed by atoms with E-state index in [4.69, 9.17) is 0 Å². The maximum Gasteiger partial charge on any atom is 0.273 e. The SMILES string of the molecule is Cc1nnc(NS(=O)(=O)c2cc(C)c(CNC(C)C)s2)s1. The van der Waals surface area contributed by atoms with Crippen LogP contribution in [-0.2, 0) is 16.6 Å². The van der Waals surface area contributed by atoms with Crippen LogP contribution in [0.5, 0.6) is 0 Å². The summed E-state index contributed by atoms with van der Waals surface area (Å²) in [7, 11) is -3.59. The van der Waals surface area contributed by atoms with E-state index < -0.39 is 10.0 Å². The molecule has 0 atom stereocenters. The van der Waals surface area contributed by atoms with Gasteiger partial charge in [-0.1, -0.05) is 25.2 Å². The zero-order valence-electron chi connectivity index (χ0n) is 12.3. The highest BCUT2D eigenvalue weighted by Crippen LogP contribution is 2.28. The van der Waals surface area contributed by atoms with Gasteiger partial charge in [0.05, 0.1) is 0 Å². The average molecular weight is 347 g/mol. The van der Waals surface area contributed by atoms with Crippen molar-refractivity contribution in [2.75, 3.05) is 4.72 Å². The van der Waals surface area contributed by atoms with Crippen LogP contribution in [-0.4, -0.2) is 24.7 Å². The molecule has 0 saturated heterocycles. The van der Waals surface area contributed by atoms with Crippen molar-refractivity contribution >= 4 is 37.8 Å². The molecule has 2 aromatic rings. The Morgan fingerprint density at radius 1 is 1.24 bits per heavy atom. The molecule has 0 amide bonds. The van der Waals surface area contributed by atoms with Crippen molar-refractivity contribution in [1.29, 1.82) is 0 Å². The number of nitrogens with one attached hydrogen (secondary N) is 2. The summed E-state index contributed by atoms with van der Waals surface area (Å²) >= 11 is 2.49. The van der Waals surface area contributed by atoms with Gasteiger partial charge < -0.3 is 5.32 Å². The third kappa shape index (κ3) is 4.22. The van der Waals surface area contributed by atoms with Crippen LogP contribution in [0.2, 0.25) is 0 Å². The number of hydrogen-bond donors (Lipinski definition) is 2. The van der Waals surface area contributed by atoms with Crippen molar-refractivity contribution in [2.45, 2.75) is 44.5 Å². The molecular weight excluding hydrogens is 328 g/mol. The molecule has 6 nitrogen and oxygen atoms in total. The molecule has 0 aliphatic rings. The Balaban J connectivity index is 2.18. The zero-order chi connectivity index (χ0) is 15.6. The third-order valence-corrected chi connectivity index (χ3v) is 6.61. The molecule has 0 bridgehead atoms. The molecule has 116 valence electrons. The van der Waals surface area contributed by atoms with Gasteiger partial charge in [-0.25, -0.2) is 8.42 Å². The van der Waals surface area contributed by atoms with Crippen molar-refractivity contribution in [3.8, 4) is 0 Å². The first kappa shape index (κ1) is 16.3. The molecule has 0 aliphatic heterocycles. The summed E-state index contributed by atoms with van der Waals surface area (Å²) in [5.74, 6) is 0. The minimum Gasteiger partial charge on any atom is -0.310 e. The highest BCUT2D eigenvalue weighted by molar-refractivity contribution is 7.94. The van der Waals surface area contributed by atoms with Crippen molar-refractivity contribution in [3.05, 3.63) is 21.5 Å². The van der Waals surface area contributed by atoms with E-state index in [2.05, 4.69) is 34.1 Å². The van der Waals surface area contributed by atoms with Crippen LogP contribution < -0.4 is 10.0 Å². The maximum absolute atomic E-state index is 12.3. The number of rotatable bonds is 6. The van der Waals surface area contributed by atoms with E-state index in [9.17, 15) is 8.42 Å². The van der Waals surface area contributed by atoms with Crippen LogP contribution >= 0.6 is 22.7 Å². The van der Waals surface area contributed by atoms with Crippen molar-refractivity contribution in [1.82, 2.24) is 15.5 Å². The fourth-order valence-electron chi connectivity index (χ4n) is 1.60. The lowest BCUT2D eigenvalue weighted by Gasteiger charge is -2.06. The van der Waals surface area contributed by atoms with Gasteiger partial charge >= 0.3 is 0 Å². The smallest absolute Gasteiger partial charge is 0.273 e. The van der Waals surface area contributed by atoms with E-state index in [1.807, 2.05) is 6.92 Å². The fourth-order valence-corrected chi connectivity index (χ4v) is 4.96. The van der Waals surface area contributed by atoms with Crippen LogP contribution in [0.15, 0.2) is 10.3 Å². The molecule has 0 aliphatic carbocycles. The van der Waals surface area contributed by atoms with E-state index in [0.29, 0.717) is 21.9 Å². The third-order valence-electron chi connectivity index (χ3n) is 2.68. The van der Waals surface area contributed by atoms with E-state index >= 15 is 0 Å². The standard InChI is InChI=1S/C12H18N4O2S3/c1-7(2)13-6-10-8(3)5-11(20-10)21(17,18)16-12-15-14-9(4)19-12/h5,7,13H,6H2,1-4H3,(H,15,16). The Bertz CT molecular complexity index is 719. The molecule has 9 heteroatoms. The normalized spacial score (nSPS) is 12.0. The van der Waals surface area contributed by atoms with Crippen LogP contribution in [0.3, 0.4) is 0 Å². The average Bonchev–Trinajstić information content (AvgIpc) is 2.93. The molecule has 21 heavy (non-hydrogen) atoms. The van der Waals surface area contributed by atoms with Crippen LogP contribution in [0.4, 0.5) is 5.13 Å². The summed E-state index contributed by atoms with van der Waals surface area (Å²) in [6.45, 7) is 8.48. The Labute approximate surface area is 132 Å². The van der Waals surface area contributed by atoms with Gasteiger partial charge in [0.2, 0.25) is 5.13 Å². The van der Waals surface area contributed by atoms with Crippen molar-refractivity contribution in [2.24, 2.45) is 0 Å². The van der Waals surface area contributed by atoms with Crippen LogP contribution in [0.25, 0.3) is 0 Å². The number of hydrogen-bond acceptors (Lipinski definition) is 7. The topological polar surface area (TPSA) is 84.0 Å². The van der Waals surface area contributed by atoms with Crippen molar-refractivity contribution < 1.29 is 8.42 Å². The van der Waals surface area contributed by atoms with Gasteiger partial charge in [0, 0.05) is 17.5 Å². The van der Waals surface area contributed by atoms with Crippen LogP contribution in [0.1, 0.15) is 29.3 Å². The lowest BCUT2D eigenvalue weighted by molar-refractivity contribution is 0.592. The zero-order valence-corrected chi connectivity index (χ0v) is 14.7. The second-order valence-corrected chi connectivity index (χ2v) is 9.17. The van der Waals surface area contributed by atoms with Gasteiger partial charge in [-0.15, -0.1) is 21.5 Å². The first-order valence-electron chi connectivity index (χ1n) is 6.43. The van der Waals surface area contributed by atoms with Gasteiger partial charge in [-0.2, -0.15) is 0 Å². The number of sulfonamides is 1. The summed E-state index contributed by atoms with van der Waals surface area (Å²) in [5.41, 5.74) is 0.974. The number of nitrogens with zero attached hydrogens (tertiary/aromatic N) is 2. The van der Waals surface area contributed by atoms with Gasteiger partial charge in [0.1, 0.15) is 9.22 Å². The number of aryl methyl sites for hydroxylation is 2. The summed E-state index contributed by atoms with van der Waals surface area (Å²) in [4.78, 5) is 1.03. The molecule has 0 fully saturated rings. The van der Waals surface area contributed by atoms with E-state index in [-0.39, 0.29) is 0 Å². The molecule has 0 aromatic carbocycles. The van der Waals surface area contributed by atoms with E-state index in [1.165, 1.54) is 22.7 Å². The summed E-state index contributed by atoms with van der Waals surface area (Å²) in [5, 5.41) is 11.9. The summed E-state index contributed by atoms with van der Waals surface area (Å²) in [6.07, 6.45) is 0. The molecule has 2 N–H and O–H groups in total. The molecular formula is C12H18N4O2S3. The Morgan fingerprint density at radius 2 is 1.95 bits per heavy atom. The molecule has 2 heterocycles. The predicted molar refractivity (Wildman–Crippen MR) is 86.5 cm³/mol. The predicted octanol–water partition coefficient (Wildman–Crippen LogP) is 2.52. The molecule has 2 aromatic heterocycles. The Morgan fingerprint density at radius 3 is 2.52 bits per heavy atom. The van der Waals surface area contributed by atoms with Gasteiger partial charge in [0.15, 0.2) is 0 Å². The number of anilines is 1. The molecule has 0 radical (unpaired) electrons. The first-order chi connectivity index (χ1) is 9.78. The van der Waals surface area contributed by atoms with Gasteiger partial charge in [-0.05, 0) is 25.5 Å². The first-order valence-corrected chi connectivity index (χ1v) is 9.55. The van der Waals surface area contributed by atoms with Gasteiger partial charge in [-0.3, -0.25) is 4.72 Å². The lowest BCUT2D eigenvalue weighted by Crippen LogP contribution is -2.21. The molecule has 0 saturated carbocycles. The highest BCUT2D eigenvalue weighted by atomic mass is 32.2. The Hall–Kier alpha value is -1.03. The van der Waals surface area contributed by atoms with E-state index in [1.54, 1.807) is 13.0 Å². The van der Waals surface area contributed by atoms with Gasteiger partial charge in [0.25, 0.3) is 10.0 Å². The van der Waals surface area contributed by atoms with Crippen LogP contribution in [0, 0.1) is 13.8 Å². The minimum atomic E-state index is -3.59. The maximum atomic E-state index is 12.3. The minimum absolute atomic E-state index is 0.292.